The fourth-order valence-electron chi connectivity index (χ4n) is 4.38. The average molecular weight is 497 g/mol. The molecule has 3 rings (SSSR count). The number of piperidine rings is 1. The van der Waals surface area contributed by atoms with Gasteiger partial charge in [-0.1, -0.05) is 26.0 Å². The van der Waals surface area contributed by atoms with E-state index in [4.69, 9.17) is 4.74 Å². The Hall–Kier alpha value is -1.84. The normalized spacial score (nSPS) is 18.3. The first kappa shape index (κ1) is 28.4. The van der Waals surface area contributed by atoms with Crippen molar-refractivity contribution in [1.29, 1.82) is 0 Å². The molecular weight excluding hydrogens is 452 g/mol. The molecule has 2 aliphatic rings. The first-order valence-corrected chi connectivity index (χ1v) is 14.3. The van der Waals surface area contributed by atoms with Gasteiger partial charge in [-0.3, -0.25) is 4.90 Å². The molecule has 0 aliphatic carbocycles. The van der Waals surface area contributed by atoms with Gasteiger partial charge in [-0.15, -0.1) is 0 Å². The van der Waals surface area contributed by atoms with Crippen LogP contribution >= 0.6 is 0 Å². The minimum absolute atomic E-state index is 0.0195. The highest BCUT2D eigenvalue weighted by atomic mass is 32.2. The largest absolute Gasteiger partial charge is 0.444 e. The third-order valence-electron chi connectivity index (χ3n) is 6.05. The second kappa shape index (κ2) is 12.2. The maximum absolute atomic E-state index is 12.3. The molecule has 1 N–H and O–H groups in total. The molecule has 2 aliphatic heterocycles. The number of hydrogen-bond acceptors (Lipinski definition) is 6. The quantitative estimate of drug-likeness (QED) is 0.671. The van der Waals surface area contributed by atoms with E-state index in [1.807, 2.05) is 34.6 Å². The molecule has 0 radical (unpaired) electrons. The maximum atomic E-state index is 12.3. The molecule has 194 valence electrons. The van der Waals surface area contributed by atoms with E-state index in [9.17, 15) is 13.2 Å². The van der Waals surface area contributed by atoms with Crippen molar-refractivity contribution in [2.45, 2.75) is 72.6 Å². The number of carbonyl (C=O) groups is 1. The van der Waals surface area contributed by atoms with E-state index in [-0.39, 0.29) is 12.1 Å². The number of sulfonamides is 1. The molecule has 2 fully saturated rings. The van der Waals surface area contributed by atoms with Crippen molar-refractivity contribution in [3.63, 3.8) is 0 Å². The van der Waals surface area contributed by atoms with Crippen LogP contribution in [0.15, 0.2) is 18.2 Å². The number of ether oxygens (including phenoxy) is 1. The molecule has 0 spiro atoms. The predicted molar refractivity (Wildman–Crippen MR) is 139 cm³/mol. The van der Waals surface area contributed by atoms with Crippen molar-refractivity contribution >= 4 is 21.8 Å². The van der Waals surface area contributed by atoms with E-state index in [0.29, 0.717) is 13.1 Å². The molecule has 1 aromatic carbocycles. The lowest BCUT2D eigenvalue weighted by molar-refractivity contribution is 0.0139. The molecule has 0 saturated carbocycles. The Balaban J connectivity index is 0.00000199. The minimum atomic E-state index is -3.16. The summed E-state index contributed by atoms with van der Waals surface area (Å²) >= 11 is 0. The van der Waals surface area contributed by atoms with Gasteiger partial charge in [0.25, 0.3) is 0 Å². The number of hydrogen-bond donors (Lipinski definition) is 1. The van der Waals surface area contributed by atoms with Crippen LogP contribution in [0.4, 0.5) is 10.5 Å². The SMILES string of the molecule is CC.Cc1c(CN2CCN(C(=O)OC(C)(C)C)CC2)cccc1N1CCC(NS(C)(=O)=O)CC1. The van der Waals surface area contributed by atoms with Crippen LogP contribution in [-0.2, 0) is 21.3 Å². The summed E-state index contributed by atoms with van der Waals surface area (Å²) in [6.07, 6.45) is 2.61. The van der Waals surface area contributed by atoms with Crippen molar-refractivity contribution in [3.8, 4) is 0 Å². The van der Waals surface area contributed by atoms with Crippen molar-refractivity contribution in [2.75, 3.05) is 50.4 Å². The van der Waals surface area contributed by atoms with Crippen LogP contribution in [0.25, 0.3) is 0 Å². The van der Waals surface area contributed by atoms with Crippen LogP contribution in [0.3, 0.4) is 0 Å². The van der Waals surface area contributed by atoms with Gasteiger partial charge in [0.2, 0.25) is 10.0 Å². The second-order valence-electron chi connectivity index (χ2n) is 9.96. The summed E-state index contributed by atoms with van der Waals surface area (Å²) in [7, 11) is -3.16. The highest BCUT2D eigenvalue weighted by Gasteiger charge is 2.27. The number of nitrogens with one attached hydrogen (secondary N) is 1. The Bertz CT molecular complexity index is 898. The monoisotopic (exact) mass is 496 g/mol. The topological polar surface area (TPSA) is 82.2 Å². The summed E-state index contributed by atoms with van der Waals surface area (Å²) in [6.45, 7) is 17.4. The number of anilines is 1. The number of nitrogens with zero attached hydrogens (tertiary/aromatic N) is 3. The Labute approximate surface area is 206 Å². The Morgan fingerprint density at radius 2 is 1.65 bits per heavy atom. The molecule has 0 unspecified atom stereocenters. The van der Waals surface area contributed by atoms with Crippen molar-refractivity contribution in [2.24, 2.45) is 0 Å². The Kier molecular flexibility index (Phi) is 10.2. The molecule has 1 aromatic rings. The number of amides is 1. The number of rotatable bonds is 5. The average Bonchev–Trinajstić information content (AvgIpc) is 2.75. The van der Waals surface area contributed by atoms with Gasteiger partial charge < -0.3 is 14.5 Å². The summed E-state index contributed by atoms with van der Waals surface area (Å²) in [5, 5.41) is 0. The van der Waals surface area contributed by atoms with Crippen LogP contribution in [0.2, 0.25) is 0 Å². The number of piperazine rings is 1. The van der Waals surface area contributed by atoms with Crippen molar-refractivity contribution < 1.29 is 17.9 Å². The Morgan fingerprint density at radius 3 is 2.18 bits per heavy atom. The van der Waals surface area contributed by atoms with Crippen LogP contribution < -0.4 is 9.62 Å². The maximum Gasteiger partial charge on any atom is 0.410 e. The smallest absolute Gasteiger partial charge is 0.410 e. The van der Waals surface area contributed by atoms with E-state index in [0.717, 1.165) is 45.6 Å². The van der Waals surface area contributed by atoms with Crippen molar-refractivity contribution in [3.05, 3.63) is 29.3 Å². The molecule has 8 nitrogen and oxygen atoms in total. The zero-order valence-corrected chi connectivity index (χ0v) is 22.9. The van der Waals surface area contributed by atoms with E-state index in [1.54, 1.807) is 4.90 Å². The van der Waals surface area contributed by atoms with E-state index < -0.39 is 15.6 Å². The molecule has 1 amide bonds. The van der Waals surface area contributed by atoms with E-state index in [1.165, 1.54) is 23.1 Å². The molecule has 0 atom stereocenters. The predicted octanol–water partition coefficient (Wildman–Crippen LogP) is 3.59. The molecule has 9 heteroatoms. The Morgan fingerprint density at radius 1 is 1.06 bits per heavy atom. The number of benzene rings is 1. The fraction of sp³-hybridized carbons (Fsp3) is 0.720. The van der Waals surface area contributed by atoms with Crippen LogP contribution in [0, 0.1) is 6.92 Å². The minimum Gasteiger partial charge on any atom is -0.444 e. The van der Waals surface area contributed by atoms with E-state index >= 15 is 0 Å². The van der Waals surface area contributed by atoms with Gasteiger partial charge in [-0.05, 0) is 57.7 Å². The van der Waals surface area contributed by atoms with Gasteiger partial charge in [-0.25, -0.2) is 17.9 Å². The summed E-state index contributed by atoms with van der Waals surface area (Å²) in [4.78, 5) is 18.8. The van der Waals surface area contributed by atoms with Crippen molar-refractivity contribution in [1.82, 2.24) is 14.5 Å². The first-order chi connectivity index (χ1) is 15.9. The summed E-state index contributed by atoms with van der Waals surface area (Å²) in [6, 6.07) is 6.46. The van der Waals surface area contributed by atoms with E-state index in [2.05, 4.69) is 39.6 Å². The van der Waals surface area contributed by atoms with Gasteiger partial charge in [0.1, 0.15) is 5.60 Å². The summed E-state index contributed by atoms with van der Waals surface area (Å²) < 4.78 is 31.2. The van der Waals surface area contributed by atoms with Crippen LogP contribution in [-0.4, -0.2) is 81.5 Å². The van der Waals surface area contributed by atoms with Crippen LogP contribution in [0.5, 0.6) is 0 Å². The molecule has 2 heterocycles. The molecular formula is C25H44N4O4S. The lowest BCUT2D eigenvalue weighted by atomic mass is 10.0. The van der Waals surface area contributed by atoms with Gasteiger partial charge in [0.05, 0.1) is 6.26 Å². The van der Waals surface area contributed by atoms with Gasteiger partial charge in [0, 0.05) is 57.5 Å². The molecule has 0 bridgehead atoms. The third kappa shape index (κ3) is 8.74. The summed E-state index contributed by atoms with van der Waals surface area (Å²) in [5.41, 5.74) is 3.33. The fourth-order valence-corrected chi connectivity index (χ4v) is 5.22. The molecule has 34 heavy (non-hydrogen) atoms. The standard InChI is InChI=1S/C23H38N4O4S.C2H6/c1-18-19(17-25-13-15-27(16-14-25)22(28)31-23(2,3)4)7-6-8-21(18)26-11-9-20(10-12-26)24-32(5,29)30;1-2/h6-8,20,24H,9-17H2,1-5H3;1-2H3. The molecule has 0 aromatic heterocycles. The zero-order chi connectivity index (χ0) is 25.5. The lowest BCUT2D eigenvalue weighted by Crippen LogP contribution is -2.49. The third-order valence-corrected chi connectivity index (χ3v) is 6.81. The van der Waals surface area contributed by atoms with Gasteiger partial charge in [-0.2, -0.15) is 0 Å². The highest BCUT2D eigenvalue weighted by Crippen LogP contribution is 2.27. The molecule has 2 saturated heterocycles. The first-order valence-electron chi connectivity index (χ1n) is 12.4. The van der Waals surface area contributed by atoms with Gasteiger partial charge in [0.15, 0.2) is 0 Å². The number of carbonyl (C=O) groups excluding carboxylic acids is 1. The summed E-state index contributed by atoms with van der Waals surface area (Å²) in [5.74, 6) is 0. The van der Waals surface area contributed by atoms with Crippen LogP contribution in [0.1, 0.15) is 58.6 Å². The second-order valence-corrected chi connectivity index (χ2v) is 11.7. The zero-order valence-electron chi connectivity index (χ0n) is 22.1. The highest BCUT2D eigenvalue weighted by molar-refractivity contribution is 7.88. The van der Waals surface area contributed by atoms with Gasteiger partial charge >= 0.3 is 6.09 Å². The lowest BCUT2D eigenvalue weighted by Gasteiger charge is -2.37.